The summed E-state index contributed by atoms with van der Waals surface area (Å²) < 4.78 is 97.5. The summed E-state index contributed by atoms with van der Waals surface area (Å²) in [4.78, 5) is 12.9. The smallest absolute Gasteiger partial charge is 0.345 e. The Hall–Kier alpha value is -3.87. The summed E-state index contributed by atoms with van der Waals surface area (Å²) in [6, 6.07) is 6.17. The fourth-order valence-corrected chi connectivity index (χ4v) is 4.20. The average molecular weight is 574 g/mol. The third kappa shape index (κ3) is 6.41. The Morgan fingerprint density at radius 1 is 1.08 bits per heavy atom. The second-order valence-corrected chi connectivity index (χ2v) is 9.12. The van der Waals surface area contributed by atoms with E-state index < -0.39 is 63.9 Å². The molecule has 39 heavy (non-hydrogen) atoms. The number of halogens is 8. The first-order valence-electron chi connectivity index (χ1n) is 11.3. The second-order valence-electron chi connectivity index (χ2n) is 8.72. The van der Waals surface area contributed by atoms with Crippen LogP contribution in [0.4, 0.5) is 30.7 Å². The van der Waals surface area contributed by atoms with Crippen molar-refractivity contribution in [3.63, 3.8) is 0 Å². The number of carbonyl (C=O) groups excluding carboxylic acids is 1. The molecule has 0 aliphatic rings. The molecular weight excluding hydrogens is 555 g/mol. The van der Waals surface area contributed by atoms with Crippen molar-refractivity contribution in [1.29, 1.82) is 0 Å². The molecule has 14 heteroatoms. The molecular formula is C25H19ClF7N5O. The van der Waals surface area contributed by atoms with Crippen LogP contribution >= 0.6 is 11.6 Å². The number of aryl methyl sites for hydroxylation is 1. The molecule has 2 aromatic heterocycles. The Bertz CT molecular complexity index is 1480. The van der Waals surface area contributed by atoms with E-state index in [-0.39, 0.29) is 5.56 Å². The Labute approximate surface area is 221 Å². The van der Waals surface area contributed by atoms with E-state index in [1.807, 2.05) is 12.0 Å². The standard InChI is InChI=1S/C25H19ClF7N5O/c1-13-9-35-38(11-13)12-14-2-4-15(5-3-14)20(36-23(39)17-10-34-37-22(17)25(31,32)33)8-16-18(24(28,29)30)6-7-19(26)21(16)27/h2-7,9-11,20H,8,12H2,1H3,(H,34,37)(H,36,39). The van der Waals surface area contributed by atoms with E-state index >= 15 is 0 Å². The number of rotatable bonds is 7. The maximum absolute atomic E-state index is 14.9. The van der Waals surface area contributed by atoms with Crippen molar-refractivity contribution in [3.05, 3.63) is 105 Å². The van der Waals surface area contributed by atoms with Crippen LogP contribution in [-0.4, -0.2) is 25.9 Å². The number of nitrogens with zero attached hydrogens (tertiary/aromatic N) is 3. The van der Waals surface area contributed by atoms with Crippen LogP contribution in [0.15, 0.2) is 55.0 Å². The van der Waals surface area contributed by atoms with E-state index in [0.717, 1.165) is 17.2 Å². The predicted octanol–water partition coefficient (Wildman–Crippen LogP) is 6.51. The van der Waals surface area contributed by atoms with E-state index in [1.54, 1.807) is 29.2 Å². The number of benzene rings is 2. The van der Waals surface area contributed by atoms with Crippen molar-refractivity contribution in [2.24, 2.45) is 0 Å². The average Bonchev–Trinajstić information content (AvgIpc) is 3.50. The lowest BCUT2D eigenvalue weighted by Gasteiger charge is -2.23. The molecule has 0 radical (unpaired) electrons. The van der Waals surface area contributed by atoms with Crippen molar-refractivity contribution in [3.8, 4) is 0 Å². The molecule has 0 saturated carbocycles. The normalized spacial score (nSPS) is 12.9. The maximum Gasteiger partial charge on any atom is 0.435 e. The highest BCUT2D eigenvalue weighted by Gasteiger charge is 2.39. The monoisotopic (exact) mass is 573 g/mol. The summed E-state index contributed by atoms with van der Waals surface area (Å²) in [5.74, 6) is -2.62. The summed E-state index contributed by atoms with van der Waals surface area (Å²) >= 11 is 5.75. The number of amides is 1. The minimum atomic E-state index is -4.98. The van der Waals surface area contributed by atoms with E-state index in [9.17, 15) is 35.5 Å². The zero-order valence-electron chi connectivity index (χ0n) is 20.0. The van der Waals surface area contributed by atoms with Crippen LogP contribution in [0.1, 0.15) is 49.9 Å². The van der Waals surface area contributed by atoms with Crippen LogP contribution in [0.2, 0.25) is 5.02 Å². The predicted molar refractivity (Wildman–Crippen MR) is 126 cm³/mol. The van der Waals surface area contributed by atoms with Gasteiger partial charge in [-0.2, -0.15) is 36.5 Å². The molecule has 2 aromatic carbocycles. The van der Waals surface area contributed by atoms with Crippen LogP contribution in [0, 0.1) is 12.7 Å². The number of hydrogen-bond acceptors (Lipinski definition) is 3. The number of nitrogens with one attached hydrogen (secondary N) is 2. The molecule has 0 aliphatic heterocycles. The van der Waals surface area contributed by atoms with Gasteiger partial charge >= 0.3 is 12.4 Å². The molecule has 2 N–H and O–H groups in total. The van der Waals surface area contributed by atoms with Gasteiger partial charge in [-0.25, -0.2) is 4.39 Å². The van der Waals surface area contributed by atoms with Gasteiger partial charge in [-0.3, -0.25) is 14.6 Å². The third-order valence-electron chi connectivity index (χ3n) is 5.86. The molecule has 4 aromatic rings. The van der Waals surface area contributed by atoms with Gasteiger partial charge < -0.3 is 5.32 Å². The van der Waals surface area contributed by atoms with Crippen LogP contribution in [-0.2, 0) is 25.3 Å². The summed E-state index contributed by atoms with van der Waals surface area (Å²) in [6.07, 6.45) is -6.54. The van der Waals surface area contributed by atoms with Crippen LogP contribution in [0.5, 0.6) is 0 Å². The SMILES string of the molecule is Cc1cnn(Cc2ccc(C(Cc3c(C(F)(F)F)ccc(Cl)c3F)NC(=O)c3c[nH]nc3C(F)(F)F)cc2)c1. The summed E-state index contributed by atoms with van der Waals surface area (Å²) in [5.41, 5.74) is -2.67. The first kappa shape index (κ1) is 28.1. The molecule has 0 saturated heterocycles. The van der Waals surface area contributed by atoms with Crippen LogP contribution < -0.4 is 5.32 Å². The molecule has 1 atom stereocenters. The van der Waals surface area contributed by atoms with Gasteiger partial charge in [-0.05, 0) is 35.7 Å². The molecule has 0 bridgehead atoms. The fraction of sp³-hybridized carbons (Fsp3) is 0.240. The number of hydrogen-bond donors (Lipinski definition) is 2. The number of H-pyrrole nitrogens is 1. The van der Waals surface area contributed by atoms with Gasteiger partial charge in [0, 0.05) is 24.4 Å². The van der Waals surface area contributed by atoms with Gasteiger partial charge in [0.05, 0.1) is 34.9 Å². The molecule has 4 rings (SSSR count). The van der Waals surface area contributed by atoms with Gasteiger partial charge in [0.2, 0.25) is 0 Å². The third-order valence-corrected chi connectivity index (χ3v) is 6.15. The van der Waals surface area contributed by atoms with Crippen molar-refractivity contribution in [1.82, 2.24) is 25.3 Å². The fourth-order valence-electron chi connectivity index (χ4n) is 4.03. The van der Waals surface area contributed by atoms with E-state index in [1.165, 1.54) is 12.1 Å². The lowest BCUT2D eigenvalue weighted by atomic mass is 9.94. The summed E-state index contributed by atoms with van der Waals surface area (Å²) in [5, 5.41) is 10.9. The van der Waals surface area contributed by atoms with Gasteiger partial charge in [0.15, 0.2) is 5.69 Å². The number of aromatic amines is 1. The molecule has 0 spiro atoms. The Kier molecular flexibility index (Phi) is 7.73. The van der Waals surface area contributed by atoms with Gasteiger partial charge in [0.25, 0.3) is 5.91 Å². The van der Waals surface area contributed by atoms with Crippen LogP contribution in [0.3, 0.4) is 0 Å². The van der Waals surface area contributed by atoms with E-state index in [2.05, 4.69) is 15.5 Å². The Morgan fingerprint density at radius 2 is 1.77 bits per heavy atom. The van der Waals surface area contributed by atoms with E-state index in [0.29, 0.717) is 18.8 Å². The topological polar surface area (TPSA) is 75.6 Å². The minimum Gasteiger partial charge on any atom is -0.345 e. The zero-order valence-corrected chi connectivity index (χ0v) is 20.7. The zero-order chi connectivity index (χ0) is 28.5. The first-order chi connectivity index (χ1) is 18.2. The van der Waals surface area contributed by atoms with Gasteiger partial charge in [-0.1, -0.05) is 35.9 Å². The molecule has 0 fully saturated rings. The van der Waals surface area contributed by atoms with Crippen molar-refractivity contribution in [2.75, 3.05) is 0 Å². The molecule has 6 nitrogen and oxygen atoms in total. The van der Waals surface area contributed by atoms with Crippen LogP contribution in [0.25, 0.3) is 0 Å². The Morgan fingerprint density at radius 3 is 2.36 bits per heavy atom. The highest BCUT2D eigenvalue weighted by Crippen LogP contribution is 2.37. The molecule has 1 amide bonds. The molecule has 206 valence electrons. The number of alkyl halides is 6. The lowest BCUT2D eigenvalue weighted by Crippen LogP contribution is -2.32. The summed E-state index contributed by atoms with van der Waals surface area (Å²) in [7, 11) is 0. The molecule has 1 unspecified atom stereocenters. The minimum absolute atomic E-state index is 0.216. The maximum atomic E-state index is 14.9. The highest BCUT2D eigenvalue weighted by atomic mass is 35.5. The van der Waals surface area contributed by atoms with E-state index in [4.69, 9.17) is 11.6 Å². The van der Waals surface area contributed by atoms with Gasteiger partial charge in [-0.15, -0.1) is 0 Å². The molecule has 0 aliphatic carbocycles. The van der Waals surface area contributed by atoms with Gasteiger partial charge in [0.1, 0.15) is 5.82 Å². The quantitative estimate of drug-likeness (QED) is 0.248. The first-order valence-corrected chi connectivity index (χ1v) is 11.7. The number of aromatic nitrogens is 4. The number of carbonyl (C=O) groups is 1. The summed E-state index contributed by atoms with van der Waals surface area (Å²) in [6.45, 7) is 2.21. The Balaban J connectivity index is 1.71. The van der Waals surface area contributed by atoms with Crippen molar-refractivity contribution < 1.29 is 35.5 Å². The largest absolute Gasteiger partial charge is 0.435 e. The molecule has 2 heterocycles. The van der Waals surface area contributed by atoms with Crippen molar-refractivity contribution in [2.45, 2.75) is 38.3 Å². The van der Waals surface area contributed by atoms with Crippen molar-refractivity contribution >= 4 is 17.5 Å². The highest BCUT2D eigenvalue weighted by molar-refractivity contribution is 6.30. The second kappa shape index (κ2) is 10.7. The lowest BCUT2D eigenvalue weighted by molar-refractivity contribution is -0.141.